The third-order valence-electron chi connectivity index (χ3n) is 4.54. The average Bonchev–Trinajstić information content (AvgIpc) is 2.52. The molecule has 0 aromatic rings. The zero-order chi connectivity index (χ0) is 14.2. The Hall–Kier alpha value is -1.08. The monoisotopic (exact) mass is 278 g/mol. The minimum absolute atomic E-state index is 0.0105. The van der Waals surface area contributed by atoms with Gasteiger partial charge in [0, 0.05) is 13.0 Å². The fourth-order valence-electron chi connectivity index (χ4n) is 3.30. The first-order valence-corrected chi connectivity index (χ1v) is 8.10. The van der Waals surface area contributed by atoms with Gasteiger partial charge in [0.25, 0.3) is 0 Å². The molecule has 2 atom stereocenters. The van der Waals surface area contributed by atoms with Crippen molar-refractivity contribution in [2.24, 2.45) is 5.92 Å². The van der Waals surface area contributed by atoms with E-state index in [1.165, 1.54) is 25.7 Å². The normalized spacial score (nSPS) is 25.6. The number of hydrogen-bond acceptors (Lipinski definition) is 3. The molecule has 4 heteroatoms. The number of nitrogens with one attached hydrogen (secondary N) is 1. The molecule has 0 aromatic heterocycles. The fraction of sp³-hybridized carbons (Fsp3) is 0.875. The molecule has 0 spiro atoms. The molecule has 2 aliphatic rings. The summed E-state index contributed by atoms with van der Waals surface area (Å²) in [6.07, 6.45) is 10.7. The van der Waals surface area contributed by atoms with Crippen molar-refractivity contribution >= 4 is 5.91 Å². The van der Waals surface area contributed by atoms with E-state index in [1.807, 2.05) is 0 Å². The van der Waals surface area contributed by atoms with Crippen LogP contribution in [0.25, 0.3) is 0 Å². The summed E-state index contributed by atoms with van der Waals surface area (Å²) in [5, 5.41) is 12.2. The smallest absolute Gasteiger partial charge is 0.221 e. The molecule has 1 aliphatic heterocycles. The summed E-state index contributed by atoms with van der Waals surface area (Å²) in [4.78, 5) is 12.0. The molecule has 0 aromatic carbocycles. The number of amides is 1. The Morgan fingerprint density at radius 3 is 2.60 bits per heavy atom. The van der Waals surface area contributed by atoms with Gasteiger partial charge in [-0.05, 0) is 44.4 Å². The third-order valence-corrected chi connectivity index (χ3v) is 4.54. The minimum Gasteiger partial charge on any atom is -0.378 e. The summed E-state index contributed by atoms with van der Waals surface area (Å²) in [7, 11) is 0. The van der Waals surface area contributed by atoms with Gasteiger partial charge in [-0.25, -0.2) is 0 Å². The van der Waals surface area contributed by atoms with Crippen LogP contribution in [0.2, 0.25) is 0 Å². The van der Waals surface area contributed by atoms with Crippen LogP contribution in [0.5, 0.6) is 0 Å². The first-order chi connectivity index (χ1) is 9.79. The average molecular weight is 278 g/mol. The molecular formula is C16H26N2O2. The number of carbonyl (C=O) groups is 1. The lowest BCUT2D eigenvalue weighted by atomic mass is 9.84. The van der Waals surface area contributed by atoms with E-state index in [9.17, 15) is 10.1 Å². The number of nitrogens with zero attached hydrogens (tertiary/aromatic N) is 1. The Morgan fingerprint density at radius 2 is 1.95 bits per heavy atom. The molecule has 1 N–H and O–H groups in total. The Kier molecular flexibility index (Phi) is 6.32. The number of ether oxygens (including phenoxy) is 1. The lowest BCUT2D eigenvalue weighted by Gasteiger charge is -2.27. The number of hydrogen-bond donors (Lipinski definition) is 1. The highest BCUT2D eigenvalue weighted by Crippen LogP contribution is 2.26. The van der Waals surface area contributed by atoms with Crippen molar-refractivity contribution in [3.63, 3.8) is 0 Å². The highest BCUT2D eigenvalue weighted by atomic mass is 16.5. The van der Waals surface area contributed by atoms with Crippen molar-refractivity contribution in [2.45, 2.75) is 76.4 Å². The quantitative estimate of drug-likeness (QED) is 0.841. The molecule has 20 heavy (non-hydrogen) atoms. The van der Waals surface area contributed by atoms with Gasteiger partial charge >= 0.3 is 0 Å². The molecule has 1 amide bonds. The van der Waals surface area contributed by atoms with Crippen LogP contribution in [0, 0.1) is 17.2 Å². The zero-order valence-corrected chi connectivity index (χ0v) is 12.3. The predicted octanol–water partition coefficient (Wildman–Crippen LogP) is 2.92. The second-order valence-electron chi connectivity index (χ2n) is 6.10. The molecule has 2 rings (SSSR count). The topological polar surface area (TPSA) is 62.1 Å². The molecule has 0 bridgehead atoms. The molecule has 1 aliphatic carbocycles. The van der Waals surface area contributed by atoms with Gasteiger partial charge in [-0.3, -0.25) is 4.79 Å². The maximum Gasteiger partial charge on any atom is 0.221 e. The SMILES string of the molecule is N#CC(NC(=O)CCC1CCCCO1)C1CCCCC1. The summed E-state index contributed by atoms with van der Waals surface area (Å²) in [5.41, 5.74) is 0. The first kappa shape index (κ1) is 15.3. The van der Waals surface area contributed by atoms with Crippen LogP contribution in [0.1, 0.15) is 64.2 Å². The molecule has 1 saturated heterocycles. The molecule has 2 fully saturated rings. The van der Waals surface area contributed by atoms with Crippen LogP contribution in [0.3, 0.4) is 0 Å². The van der Waals surface area contributed by atoms with Crippen molar-refractivity contribution in [3.05, 3.63) is 0 Å². The van der Waals surface area contributed by atoms with Crippen molar-refractivity contribution in [2.75, 3.05) is 6.61 Å². The van der Waals surface area contributed by atoms with E-state index >= 15 is 0 Å². The number of rotatable bonds is 5. The number of nitriles is 1. The lowest BCUT2D eigenvalue weighted by Crippen LogP contribution is -2.40. The Balaban J connectivity index is 1.70. The highest BCUT2D eigenvalue weighted by molar-refractivity contribution is 5.76. The largest absolute Gasteiger partial charge is 0.378 e. The van der Waals surface area contributed by atoms with Crippen molar-refractivity contribution in [1.82, 2.24) is 5.32 Å². The highest BCUT2D eigenvalue weighted by Gasteiger charge is 2.25. The van der Waals surface area contributed by atoms with E-state index in [4.69, 9.17) is 4.74 Å². The lowest BCUT2D eigenvalue weighted by molar-refractivity contribution is -0.122. The zero-order valence-electron chi connectivity index (χ0n) is 12.3. The van der Waals surface area contributed by atoms with E-state index < -0.39 is 0 Å². The summed E-state index contributed by atoms with van der Waals surface area (Å²) in [6.45, 7) is 0.829. The van der Waals surface area contributed by atoms with E-state index in [1.54, 1.807) is 0 Å². The maximum atomic E-state index is 12.0. The van der Waals surface area contributed by atoms with E-state index in [-0.39, 0.29) is 18.1 Å². The van der Waals surface area contributed by atoms with E-state index in [2.05, 4.69) is 11.4 Å². The van der Waals surface area contributed by atoms with Gasteiger partial charge in [0.15, 0.2) is 0 Å². The maximum absolute atomic E-state index is 12.0. The van der Waals surface area contributed by atoms with Gasteiger partial charge in [-0.2, -0.15) is 5.26 Å². The van der Waals surface area contributed by atoms with Crippen LogP contribution < -0.4 is 5.32 Å². The van der Waals surface area contributed by atoms with Gasteiger partial charge in [-0.1, -0.05) is 19.3 Å². The molecule has 2 unspecified atom stereocenters. The molecule has 4 nitrogen and oxygen atoms in total. The fourth-order valence-corrected chi connectivity index (χ4v) is 3.30. The standard InChI is InChI=1S/C16H26N2O2/c17-12-15(13-6-2-1-3-7-13)18-16(19)10-9-14-8-4-5-11-20-14/h13-15H,1-11H2,(H,18,19). The predicted molar refractivity (Wildman–Crippen MR) is 76.9 cm³/mol. The summed E-state index contributed by atoms with van der Waals surface area (Å²) in [6, 6.07) is 1.98. The summed E-state index contributed by atoms with van der Waals surface area (Å²) < 4.78 is 5.63. The first-order valence-electron chi connectivity index (χ1n) is 8.10. The van der Waals surface area contributed by atoms with Crippen LogP contribution in [-0.2, 0) is 9.53 Å². The van der Waals surface area contributed by atoms with E-state index in [0.717, 1.165) is 38.7 Å². The summed E-state index contributed by atoms with van der Waals surface area (Å²) >= 11 is 0. The second kappa shape index (κ2) is 8.26. The molecule has 112 valence electrons. The Bertz CT molecular complexity index is 339. The molecular weight excluding hydrogens is 252 g/mol. The van der Waals surface area contributed by atoms with Gasteiger partial charge in [0.2, 0.25) is 5.91 Å². The number of carbonyl (C=O) groups excluding carboxylic acids is 1. The van der Waals surface area contributed by atoms with Gasteiger partial charge in [0.05, 0.1) is 12.2 Å². The minimum atomic E-state index is -0.296. The molecule has 1 saturated carbocycles. The third kappa shape index (κ3) is 4.79. The van der Waals surface area contributed by atoms with Crippen LogP contribution >= 0.6 is 0 Å². The van der Waals surface area contributed by atoms with Crippen LogP contribution in [0.4, 0.5) is 0 Å². The molecule has 1 heterocycles. The van der Waals surface area contributed by atoms with Crippen molar-refractivity contribution in [3.8, 4) is 6.07 Å². The van der Waals surface area contributed by atoms with Gasteiger partial charge in [0.1, 0.15) is 6.04 Å². The Morgan fingerprint density at radius 1 is 1.20 bits per heavy atom. The van der Waals surface area contributed by atoms with Gasteiger partial charge < -0.3 is 10.1 Å². The molecule has 0 radical (unpaired) electrons. The Labute approximate surface area is 121 Å². The van der Waals surface area contributed by atoms with E-state index in [0.29, 0.717) is 12.3 Å². The van der Waals surface area contributed by atoms with Crippen molar-refractivity contribution in [1.29, 1.82) is 5.26 Å². The second-order valence-corrected chi connectivity index (χ2v) is 6.10. The van der Waals surface area contributed by atoms with Crippen LogP contribution in [-0.4, -0.2) is 24.7 Å². The van der Waals surface area contributed by atoms with Crippen molar-refractivity contribution < 1.29 is 9.53 Å². The van der Waals surface area contributed by atoms with Gasteiger partial charge in [-0.15, -0.1) is 0 Å². The van der Waals surface area contributed by atoms with Crippen LogP contribution in [0.15, 0.2) is 0 Å². The summed E-state index contributed by atoms with van der Waals surface area (Å²) in [5.74, 6) is 0.361.